The van der Waals surface area contributed by atoms with Crippen LogP contribution in [0.5, 0.6) is 0 Å². The van der Waals surface area contributed by atoms with Crippen molar-refractivity contribution in [2.24, 2.45) is 5.14 Å². The van der Waals surface area contributed by atoms with Gasteiger partial charge in [-0.2, -0.15) is 0 Å². The second-order valence-corrected chi connectivity index (χ2v) is 6.38. The average molecular weight is 341 g/mol. The van der Waals surface area contributed by atoms with Gasteiger partial charge in [-0.25, -0.2) is 13.6 Å². The second kappa shape index (κ2) is 6.73. The number of nitrogens with zero attached hydrogens (tertiary/aromatic N) is 1. The highest BCUT2D eigenvalue weighted by Gasteiger charge is 2.21. The highest BCUT2D eigenvalue weighted by Crippen LogP contribution is 2.29. The maximum Gasteiger partial charge on any atom is 0.255 e. The molecule has 1 aromatic carbocycles. The summed E-state index contributed by atoms with van der Waals surface area (Å²) in [5.74, 6) is -0.473. The van der Waals surface area contributed by atoms with Crippen LogP contribution in [0.15, 0.2) is 17.0 Å². The molecule has 20 heavy (non-hydrogen) atoms. The Morgan fingerprint density at radius 1 is 1.40 bits per heavy atom. The van der Waals surface area contributed by atoms with Crippen LogP contribution in [0.2, 0.25) is 10.0 Å². The molecule has 1 rings (SSSR count). The topological polar surface area (TPSA) is 89.7 Å². The summed E-state index contributed by atoms with van der Waals surface area (Å²) in [7, 11) is -0.939. The van der Waals surface area contributed by atoms with Gasteiger partial charge in [-0.15, -0.1) is 0 Å². The first-order valence-electron chi connectivity index (χ1n) is 5.44. The third-order valence-electron chi connectivity index (χ3n) is 2.54. The van der Waals surface area contributed by atoms with Gasteiger partial charge in [0.2, 0.25) is 10.0 Å². The molecular formula is C11H14Cl2N2O4S. The predicted octanol–water partition coefficient (Wildman–Crippen LogP) is 1.36. The number of carbonyl (C=O) groups excluding carboxylic acids is 1. The summed E-state index contributed by atoms with van der Waals surface area (Å²) in [5, 5.41) is 4.95. The summed E-state index contributed by atoms with van der Waals surface area (Å²) in [6, 6.07) is 2.21. The van der Waals surface area contributed by atoms with Crippen LogP contribution in [0.4, 0.5) is 0 Å². The van der Waals surface area contributed by atoms with Gasteiger partial charge >= 0.3 is 0 Å². The number of carbonyl (C=O) groups is 1. The fourth-order valence-corrected chi connectivity index (χ4v) is 2.46. The average Bonchev–Trinajstić information content (AvgIpc) is 2.36. The molecule has 0 atom stereocenters. The number of hydrogen-bond donors (Lipinski definition) is 1. The Morgan fingerprint density at radius 3 is 2.50 bits per heavy atom. The van der Waals surface area contributed by atoms with E-state index in [1.807, 2.05) is 0 Å². The van der Waals surface area contributed by atoms with Crippen molar-refractivity contribution in [1.29, 1.82) is 0 Å². The van der Waals surface area contributed by atoms with Crippen LogP contribution in [0.3, 0.4) is 0 Å². The van der Waals surface area contributed by atoms with Crippen molar-refractivity contribution in [3.8, 4) is 0 Å². The molecule has 0 saturated heterocycles. The Balaban J connectivity index is 3.24. The Morgan fingerprint density at radius 2 is 2.00 bits per heavy atom. The number of halogens is 2. The molecular weight excluding hydrogens is 327 g/mol. The largest absolute Gasteiger partial charge is 0.383 e. The van der Waals surface area contributed by atoms with Crippen LogP contribution in [0.25, 0.3) is 0 Å². The van der Waals surface area contributed by atoms with Crippen LogP contribution in [0, 0.1) is 0 Å². The van der Waals surface area contributed by atoms with Gasteiger partial charge < -0.3 is 9.64 Å². The van der Waals surface area contributed by atoms with Crippen molar-refractivity contribution in [1.82, 2.24) is 4.90 Å². The van der Waals surface area contributed by atoms with Gasteiger partial charge in [-0.05, 0) is 12.1 Å². The predicted molar refractivity (Wildman–Crippen MR) is 76.7 cm³/mol. The normalized spacial score (nSPS) is 11.4. The first-order valence-corrected chi connectivity index (χ1v) is 7.75. The van der Waals surface area contributed by atoms with E-state index >= 15 is 0 Å². The van der Waals surface area contributed by atoms with Crippen LogP contribution in [-0.4, -0.2) is 46.5 Å². The fourth-order valence-electron chi connectivity index (χ4n) is 1.42. The minimum Gasteiger partial charge on any atom is -0.383 e. The molecule has 0 heterocycles. The summed E-state index contributed by atoms with van der Waals surface area (Å²) in [6.45, 7) is 0.658. The number of ether oxygens (including phenoxy) is 1. The van der Waals surface area contributed by atoms with Crippen molar-refractivity contribution in [2.45, 2.75) is 4.90 Å². The van der Waals surface area contributed by atoms with Gasteiger partial charge in [0, 0.05) is 20.7 Å². The van der Waals surface area contributed by atoms with Gasteiger partial charge in [0.15, 0.2) is 0 Å². The second-order valence-electron chi connectivity index (χ2n) is 4.03. The summed E-state index contributed by atoms with van der Waals surface area (Å²) >= 11 is 11.8. The van der Waals surface area contributed by atoms with Gasteiger partial charge in [-0.1, -0.05) is 23.2 Å². The van der Waals surface area contributed by atoms with Gasteiger partial charge in [0.25, 0.3) is 5.91 Å². The number of rotatable bonds is 5. The maximum absolute atomic E-state index is 12.2. The number of primary sulfonamides is 1. The number of likely N-dealkylation sites (N-methyl/N-ethyl adjacent to an activating group) is 1. The number of hydrogen-bond acceptors (Lipinski definition) is 4. The van der Waals surface area contributed by atoms with Crippen LogP contribution in [-0.2, 0) is 14.8 Å². The number of sulfonamides is 1. The number of nitrogens with two attached hydrogens (primary N) is 1. The SMILES string of the molecule is COCCN(C)C(=O)c1cc(S(N)(=O)=O)cc(Cl)c1Cl. The molecule has 0 fully saturated rings. The fraction of sp³-hybridized carbons (Fsp3) is 0.364. The molecule has 0 aliphatic carbocycles. The van der Waals surface area contributed by atoms with Gasteiger partial charge in [0.05, 0.1) is 27.1 Å². The van der Waals surface area contributed by atoms with Crippen molar-refractivity contribution in [2.75, 3.05) is 27.3 Å². The van der Waals surface area contributed by atoms with E-state index in [0.29, 0.717) is 13.2 Å². The third-order valence-corrected chi connectivity index (χ3v) is 4.23. The molecule has 0 aromatic heterocycles. The van der Waals surface area contributed by atoms with Crippen LogP contribution in [0.1, 0.15) is 10.4 Å². The molecule has 0 spiro atoms. The molecule has 1 aromatic rings. The molecule has 0 saturated carbocycles. The van der Waals surface area contributed by atoms with E-state index in [1.54, 1.807) is 0 Å². The Bertz CT molecular complexity index is 619. The molecule has 0 aliphatic heterocycles. The van der Waals surface area contributed by atoms with E-state index in [4.69, 9.17) is 33.1 Å². The quantitative estimate of drug-likeness (QED) is 0.876. The lowest BCUT2D eigenvalue weighted by molar-refractivity contribution is 0.0744. The molecule has 0 bridgehead atoms. The third kappa shape index (κ3) is 4.07. The summed E-state index contributed by atoms with van der Waals surface area (Å²) in [4.78, 5) is 13.3. The molecule has 0 unspecified atom stereocenters. The lowest BCUT2D eigenvalue weighted by Crippen LogP contribution is -2.30. The standard InChI is InChI=1S/C11H14Cl2N2O4S/c1-15(3-4-19-2)11(16)8-5-7(20(14,17)18)6-9(12)10(8)13/h5-6H,3-4H2,1-2H3,(H2,14,17,18). The van der Waals surface area contributed by atoms with Gasteiger partial charge in [0.1, 0.15) is 0 Å². The van der Waals surface area contributed by atoms with E-state index in [2.05, 4.69) is 0 Å². The first-order chi connectivity index (χ1) is 9.18. The first kappa shape index (κ1) is 17.2. The van der Waals surface area contributed by atoms with Crippen molar-refractivity contribution >= 4 is 39.1 Å². The summed E-state index contributed by atoms with van der Waals surface area (Å²) in [5.41, 5.74) is -0.0261. The van der Waals surface area contributed by atoms with E-state index in [1.165, 1.54) is 19.1 Å². The monoisotopic (exact) mass is 340 g/mol. The Labute approximate surface area is 127 Å². The summed E-state index contributed by atoms with van der Waals surface area (Å²) in [6.07, 6.45) is 0. The lowest BCUT2D eigenvalue weighted by atomic mass is 10.2. The number of benzene rings is 1. The zero-order chi connectivity index (χ0) is 15.5. The molecule has 0 radical (unpaired) electrons. The minimum atomic E-state index is -3.98. The Hall–Kier alpha value is -0.860. The Kier molecular flexibility index (Phi) is 5.79. The van der Waals surface area contributed by atoms with Crippen molar-refractivity contribution in [3.63, 3.8) is 0 Å². The molecule has 2 N–H and O–H groups in total. The number of methoxy groups -OCH3 is 1. The molecule has 0 aliphatic rings. The number of amides is 1. The van der Waals surface area contributed by atoms with Crippen LogP contribution < -0.4 is 5.14 Å². The molecule has 9 heteroatoms. The minimum absolute atomic E-state index is 0.0201. The van der Waals surface area contributed by atoms with Crippen LogP contribution >= 0.6 is 23.2 Å². The highest BCUT2D eigenvalue weighted by atomic mass is 35.5. The van der Waals surface area contributed by atoms with Crippen molar-refractivity contribution in [3.05, 3.63) is 27.7 Å². The molecule has 112 valence electrons. The van der Waals surface area contributed by atoms with E-state index in [0.717, 1.165) is 12.1 Å². The molecule has 1 amide bonds. The van der Waals surface area contributed by atoms with Crippen molar-refractivity contribution < 1.29 is 17.9 Å². The smallest absolute Gasteiger partial charge is 0.255 e. The van der Waals surface area contributed by atoms with E-state index in [-0.39, 0.29) is 20.5 Å². The van der Waals surface area contributed by atoms with Gasteiger partial charge in [-0.3, -0.25) is 4.79 Å². The van der Waals surface area contributed by atoms with E-state index in [9.17, 15) is 13.2 Å². The zero-order valence-electron chi connectivity index (χ0n) is 10.9. The lowest BCUT2D eigenvalue weighted by Gasteiger charge is -2.18. The van der Waals surface area contributed by atoms with E-state index < -0.39 is 15.9 Å². The molecule has 6 nitrogen and oxygen atoms in total. The maximum atomic E-state index is 12.2. The zero-order valence-corrected chi connectivity index (χ0v) is 13.2. The summed E-state index contributed by atoms with van der Waals surface area (Å²) < 4.78 is 27.6. The highest BCUT2D eigenvalue weighted by molar-refractivity contribution is 7.89.